The van der Waals surface area contributed by atoms with Crippen LogP contribution in [0.1, 0.15) is 11.1 Å². The molecule has 0 saturated carbocycles. The summed E-state index contributed by atoms with van der Waals surface area (Å²) >= 11 is 1.66. The van der Waals surface area contributed by atoms with E-state index in [1.54, 1.807) is 22.1 Å². The maximum absolute atomic E-state index is 12.3. The van der Waals surface area contributed by atoms with Gasteiger partial charge in [0, 0.05) is 12.3 Å². The second-order valence-corrected chi connectivity index (χ2v) is 6.97. The largest absolute Gasteiger partial charge is 0.244 e. The van der Waals surface area contributed by atoms with E-state index in [1.807, 2.05) is 26.0 Å². The highest BCUT2D eigenvalue weighted by Crippen LogP contribution is 2.25. The van der Waals surface area contributed by atoms with Crippen molar-refractivity contribution in [2.75, 3.05) is 18.2 Å². The normalized spacial score (nSPS) is 17.9. The summed E-state index contributed by atoms with van der Waals surface area (Å²) < 4.78 is 26.2. The topological polar surface area (TPSA) is 37.4 Å². The molecule has 5 heteroatoms. The van der Waals surface area contributed by atoms with Crippen LogP contribution in [-0.2, 0) is 10.0 Å². The Morgan fingerprint density at radius 2 is 2.06 bits per heavy atom. The maximum Gasteiger partial charge on any atom is 0.244 e. The van der Waals surface area contributed by atoms with Crippen LogP contribution >= 0.6 is 11.8 Å². The molecule has 0 radical (unpaired) electrons. The minimum Gasteiger partial charge on any atom is -0.207 e. The van der Waals surface area contributed by atoms with E-state index in [0.717, 1.165) is 16.9 Å². The van der Waals surface area contributed by atoms with E-state index >= 15 is 0 Å². The van der Waals surface area contributed by atoms with Gasteiger partial charge in [0.1, 0.15) is 0 Å². The molecule has 0 aliphatic carbocycles. The summed E-state index contributed by atoms with van der Waals surface area (Å²) in [6.07, 6.45) is 0. The first-order chi connectivity index (χ1) is 7.51. The summed E-state index contributed by atoms with van der Waals surface area (Å²) in [7, 11) is -3.28. The van der Waals surface area contributed by atoms with Crippen molar-refractivity contribution < 1.29 is 8.42 Å². The molecule has 0 amide bonds. The van der Waals surface area contributed by atoms with Gasteiger partial charge in [-0.3, -0.25) is 0 Å². The van der Waals surface area contributed by atoms with Gasteiger partial charge < -0.3 is 0 Å². The SMILES string of the molecule is Cc1ccc(C)c(S(=O)(=O)N2CCSC2)c1. The van der Waals surface area contributed by atoms with E-state index < -0.39 is 10.0 Å². The number of aryl methyl sites for hydroxylation is 2. The van der Waals surface area contributed by atoms with Crippen molar-refractivity contribution in [3.05, 3.63) is 29.3 Å². The third-order valence-electron chi connectivity index (χ3n) is 2.68. The van der Waals surface area contributed by atoms with Gasteiger partial charge in [0.25, 0.3) is 0 Å². The first-order valence-corrected chi connectivity index (χ1v) is 7.76. The van der Waals surface area contributed by atoms with Gasteiger partial charge in [0.15, 0.2) is 0 Å². The monoisotopic (exact) mass is 257 g/mol. The summed E-state index contributed by atoms with van der Waals surface area (Å²) in [4.78, 5) is 0.454. The zero-order valence-corrected chi connectivity index (χ0v) is 11.1. The highest BCUT2D eigenvalue weighted by atomic mass is 32.2. The van der Waals surface area contributed by atoms with E-state index in [-0.39, 0.29) is 0 Å². The summed E-state index contributed by atoms with van der Waals surface area (Å²) in [5, 5.41) is 0. The fourth-order valence-electron chi connectivity index (χ4n) is 1.71. The van der Waals surface area contributed by atoms with Crippen molar-refractivity contribution in [1.82, 2.24) is 4.31 Å². The van der Waals surface area contributed by atoms with Crippen LogP contribution in [0.25, 0.3) is 0 Å². The fourth-order valence-corrected chi connectivity index (χ4v) is 4.84. The van der Waals surface area contributed by atoms with Gasteiger partial charge in [-0.1, -0.05) is 12.1 Å². The Morgan fingerprint density at radius 1 is 1.31 bits per heavy atom. The van der Waals surface area contributed by atoms with E-state index in [4.69, 9.17) is 0 Å². The Morgan fingerprint density at radius 3 is 2.69 bits per heavy atom. The number of rotatable bonds is 2. The second kappa shape index (κ2) is 4.39. The lowest BCUT2D eigenvalue weighted by Crippen LogP contribution is -2.28. The molecule has 1 aromatic carbocycles. The molecule has 0 bridgehead atoms. The summed E-state index contributed by atoms with van der Waals surface area (Å²) in [5.74, 6) is 1.47. The average molecular weight is 257 g/mol. The maximum atomic E-state index is 12.3. The van der Waals surface area contributed by atoms with Gasteiger partial charge in [0.2, 0.25) is 10.0 Å². The number of sulfonamides is 1. The van der Waals surface area contributed by atoms with Crippen molar-refractivity contribution in [3.63, 3.8) is 0 Å². The number of thioether (sulfide) groups is 1. The van der Waals surface area contributed by atoms with Crippen LogP contribution in [0.4, 0.5) is 0 Å². The van der Waals surface area contributed by atoms with Crippen LogP contribution in [0.3, 0.4) is 0 Å². The van der Waals surface area contributed by atoms with Gasteiger partial charge >= 0.3 is 0 Å². The van der Waals surface area contributed by atoms with Crippen LogP contribution in [0.15, 0.2) is 23.1 Å². The highest BCUT2D eigenvalue weighted by Gasteiger charge is 2.28. The van der Waals surface area contributed by atoms with Crippen LogP contribution in [0, 0.1) is 13.8 Å². The molecule has 1 fully saturated rings. The third-order valence-corrected chi connectivity index (χ3v) is 5.80. The Kier molecular flexibility index (Phi) is 3.28. The van der Waals surface area contributed by atoms with Crippen molar-refractivity contribution in [1.29, 1.82) is 0 Å². The number of hydrogen-bond donors (Lipinski definition) is 0. The number of hydrogen-bond acceptors (Lipinski definition) is 3. The molecule has 2 rings (SSSR count). The minimum atomic E-state index is -3.28. The zero-order chi connectivity index (χ0) is 11.8. The van der Waals surface area contributed by atoms with Crippen molar-refractivity contribution >= 4 is 21.8 Å². The quantitative estimate of drug-likeness (QED) is 0.813. The molecule has 0 aromatic heterocycles. The highest BCUT2D eigenvalue weighted by molar-refractivity contribution is 8.00. The molecule has 0 N–H and O–H groups in total. The Bertz CT molecular complexity index is 491. The molecule has 3 nitrogen and oxygen atoms in total. The van der Waals surface area contributed by atoms with E-state index in [9.17, 15) is 8.42 Å². The van der Waals surface area contributed by atoms with Crippen molar-refractivity contribution in [2.45, 2.75) is 18.7 Å². The Hall–Kier alpha value is -0.520. The standard InChI is InChI=1S/C11H15NO2S2/c1-9-3-4-10(2)11(7-9)16(13,14)12-5-6-15-8-12/h3-4,7H,5-6,8H2,1-2H3. The van der Waals surface area contributed by atoms with E-state index in [2.05, 4.69) is 0 Å². The van der Waals surface area contributed by atoms with Crippen LogP contribution in [0.2, 0.25) is 0 Å². The second-order valence-electron chi connectivity index (χ2n) is 3.99. The fraction of sp³-hybridized carbons (Fsp3) is 0.455. The molecule has 0 spiro atoms. The number of benzene rings is 1. The molecule has 1 aromatic rings. The third kappa shape index (κ3) is 2.12. The Labute approximate surface area is 101 Å². The van der Waals surface area contributed by atoms with Crippen LogP contribution in [-0.4, -0.2) is 30.9 Å². The molecular formula is C11H15NO2S2. The molecule has 1 aliphatic heterocycles. The van der Waals surface area contributed by atoms with Crippen molar-refractivity contribution in [2.24, 2.45) is 0 Å². The van der Waals surface area contributed by atoms with Gasteiger partial charge in [-0.05, 0) is 31.0 Å². The lowest BCUT2D eigenvalue weighted by Gasteiger charge is -2.16. The van der Waals surface area contributed by atoms with Gasteiger partial charge in [-0.25, -0.2) is 8.42 Å². The smallest absolute Gasteiger partial charge is 0.207 e. The molecule has 0 unspecified atom stereocenters. The molecule has 16 heavy (non-hydrogen) atoms. The summed E-state index contributed by atoms with van der Waals surface area (Å²) in [6.45, 7) is 4.38. The molecule has 0 atom stereocenters. The summed E-state index contributed by atoms with van der Waals surface area (Å²) in [5.41, 5.74) is 1.80. The Balaban J connectivity index is 2.46. The van der Waals surface area contributed by atoms with E-state index in [0.29, 0.717) is 17.3 Å². The van der Waals surface area contributed by atoms with Crippen LogP contribution in [0.5, 0.6) is 0 Å². The first kappa shape index (κ1) is 12.0. The minimum absolute atomic E-state index is 0.454. The zero-order valence-electron chi connectivity index (χ0n) is 9.43. The molecular weight excluding hydrogens is 242 g/mol. The molecule has 1 heterocycles. The van der Waals surface area contributed by atoms with Crippen molar-refractivity contribution in [3.8, 4) is 0 Å². The predicted octanol–water partition coefficient (Wildman–Crippen LogP) is 2.00. The summed E-state index contributed by atoms with van der Waals surface area (Å²) in [6, 6.07) is 5.56. The molecule has 88 valence electrons. The number of nitrogens with zero attached hydrogens (tertiary/aromatic N) is 1. The van der Waals surface area contributed by atoms with Gasteiger partial charge in [-0.15, -0.1) is 11.8 Å². The average Bonchev–Trinajstić information content (AvgIpc) is 2.75. The lowest BCUT2D eigenvalue weighted by molar-refractivity contribution is 0.489. The van der Waals surface area contributed by atoms with Gasteiger partial charge in [-0.2, -0.15) is 4.31 Å². The van der Waals surface area contributed by atoms with E-state index in [1.165, 1.54) is 0 Å². The molecule has 1 aliphatic rings. The van der Waals surface area contributed by atoms with Crippen LogP contribution < -0.4 is 0 Å². The molecule has 1 saturated heterocycles. The first-order valence-electron chi connectivity index (χ1n) is 5.17. The predicted molar refractivity (Wildman–Crippen MR) is 67.1 cm³/mol. The lowest BCUT2D eigenvalue weighted by atomic mass is 10.2. The van der Waals surface area contributed by atoms with Gasteiger partial charge in [0.05, 0.1) is 10.8 Å².